The van der Waals surface area contributed by atoms with E-state index in [1.165, 1.54) is 13.0 Å². The van der Waals surface area contributed by atoms with E-state index in [9.17, 15) is 24.9 Å². The van der Waals surface area contributed by atoms with Crippen LogP contribution in [0.5, 0.6) is 0 Å². The van der Waals surface area contributed by atoms with Crippen LogP contribution in [-0.2, 0) is 57.0 Å². The molecule has 15 heteroatoms. The molecule has 3 saturated heterocycles. The zero-order valence-corrected chi connectivity index (χ0v) is 40.3. The Hall–Kier alpha value is -1.86. The molecular weight excluding hydrogens is 829 g/mol. The molecule has 6 fully saturated rings. The van der Waals surface area contributed by atoms with Gasteiger partial charge in [0.1, 0.15) is 41.4 Å². The average Bonchev–Trinajstić information content (AvgIpc) is 3.54. The lowest BCUT2D eigenvalue weighted by atomic mass is 9.43. The van der Waals surface area contributed by atoms with Gasteiger partial charge < -0.3 is 62.7 Å². The lowest BCUT2D eigenvalue weighted by molar-refractivity contribution is -0.338. The van der Waals surface area contributed by atoms with Crippen molar-refractivity contribution in [3.05, 3.63) is 23.3 Å². The van der Waals surface area contributed by atoms with Crippen molar-refractivity contribution in [3.63, 3.8) is 0 Å². The third-order valence-electron chi connectivity index (χ3n) is 17.2. The van der Waals surface area contributed by atoms with E-state index in [1.54, 1.807) is 28.3 Å². The molecule has 0 amide bonds. The first kappa shape index (κ1) is 50.0. The summed E-state index contributed by atoms with van der Waals surface area (Å²) in [4.78, 5) is 26.7. The minimum Gasteiger partial charge on any atom is -0.458 e. The Morgan fingerprint density at radius 2 is 1.33 bits per heavy atom. The molecule has 0 bridgehead atoms. The molecule has 4 aliphatic carbocycles. The van der Waals surface area contributed by atoms with Crippen molar-refractivity contribution in [1.29, 1.82) is 0 Å². The number of hydrogen-bond acceptors (Lipinski definition) is 15. The van der Waals surface area contributed by atoms with Crippen LogP contribution < -0.4 is 0 Å². The molecule has 0 unspecified atom stereocenters. The number of hydrogen-bond donors (Lipinski definition) is 3. The maximum atomic E-state index is 13.5. The fourth-order valence-corrected chi connectivity index (χ4v) is 13.0. The van der Waals surface area contributed by atoms with Crippen LogP contribution in [0.4, 0.5) is 0 Å². The number of ether oxygens (including phenoxy) is 10. The minimum atomic E-state index is -1.65. The lowest BCUT2D eigenvalue weighted by Crippen LogP contribution is -2.75. The van der Waals surface area contributed by atoms with Crippen molar-refractivity contribution in [3.8, 4) is 0 Å². The highest BCUT2D eigenvalue weighted by molar-refractivity contribution is 5.83. The largest absolute Gasteiger partial charge is 0.458 e. The first-order valence-electron chi connectivity index (χ1n) is 23.9. The molecule has 3 aliphatic heterocycles. The van der Waals surface area contributed by atoms with Crippen LogP contribution >= 0.6 is 0 Å². The van der Waals surface area contributed by atoms with Crippen molar-refractivity contribution in [2.24, 2.45) is 28.6 Å². The third-order valence-corrected chi connectivity index (χ3v) is 17.2. The SMILES string of the molecule is CO[C@H]1C[C@H](O[C@H]2[C@@H](OC)C[C@H](O[C@H]3[C@@H](OC)C[C@H](O[C@H]4CC[C@@]5(C)C(=CC[C@]6(O)[C@@H]5C[C@@H](OC(=O)C=C(C)C(C)C)[C@]5(C)[C@H](C(C)=O)CC[C@@]56O)C4)O[C@@H]3C)O[C@@H]2C)O[C@H](C)[C@H]1O. The van der Waals surface area contributed by atoms with Crippen molar-refractivity contribution in [2.45, 2.75) is 224 Å². The number of rotatable bonds is 13. The zero-order valence-electron chi connectivity index (χ0n) is 40.3. The standard InChI is InChI=1S/C49H78O15/c1-25(2)26(3)19-39(51)62-38-24-37-46(8)16-14-32(20-31(46)13-17-48(37,53)49(54)18-15-33(27(4)50)47(38,49)9)61-40-22-35(56-11)44(29(6)59-40)64-42-23-36(57-12)45(30(7)60-42)63-41-21-34(55-10)43(52)28(5)58-41/h13,19,25,28-30,32-38,40-45,52-54H,14-18,20-24H2,1-12H3/t28-,29-,30-,32+,33+,34+,35+,36+,37-,38-,40+,41+,42+,43-,44-,45-,46+,47+,48+,49-/m1/s1. The number of Topliss-reactive ketones (excluding diaryl/α,β-unsaturated/α-hetero) is 1. The molecule has 64 heavy (non-hydrogen) atoms. The molecule has 3 heterocycles. The topological polar surface area (TPSA) is 187 Å². The predicted octanol–water partition coefficient (Wildman–Crippen LogP) is 5.47. The fraction of sp³-hybridized carbons (Fsp3) is 0.878. The molecular formula is C49H78O15. The molecule has 0 aromatic rings. The van der Waals surface area contributed by atoms with Crippen LogP contribution in [0.25, 0.3) is 0 Å². The Morgan fingerprint density at radius 1 is 0.781 bits per heavy atom. The number of aliphatic hydroxyl groups excluding tert-OH is 1. The van der Waals surface area contributed by atoms with Crippen molar-refractivity contribution in [2.75, 3.05) is 21.3 Å². The van der Waals surface area contributed by atoms with Crippen molar-refractivity contribution >= 4 is 11.8 Å². The number of fused-ring (bicyclic) bond motifs is 5. The highest BCUT2D eigenvalue weighted by Gasteiger charge is 2.77. The van der Waals surface area contributed by atoms with E-state index in [0.717, 1.165) is 11.1 Å². The predicted molar refractivity (Wildman–Crippen MR) is 233 cm³/mol. The van der Waals surface area contributed by atoms with Crippen LogP contribution in [0.15, 0.2) is 23.3 Å². The average molecular weight is 907 g/mol. The van der Waals surface area contributed by atoms with Gasteiger partial charge in [-0.05, 0) is 90.9 Å². The first-order chi connectivity index (χ1) is 30.1. The molecule has 0 aromatic carbocycles. The highest BCUT2D eigenvalue weighted by atomic mass is 16.7. The van der Waals surface area contributed by atoms with E-state index in [0.29, 0.717) is 51.4 Å². The molecule has 0 radical (unpaired) electrons. The zero-order chi connectivity index (χ0) is 46.7. The smallest absolute Gasteiger partial charge is 0.330 e. The summed E-state index contributed by atoms with van der Waals surface area (Å²) in [6.45, 7) is 17.1. The maximum absolute atomic E-state index is 13.5. The number of allylic oxidation sites excluding steroid dienone is 1. The molecule has 20 atom stereocenters. The van der Waals surface area contributed by atoms with Crippen LogP contribution in [0, 0.1) is 28.6 Å². The lowest BCUT2D eigenvalue weighted by Gasteiger charge is -2.66. The Balaban J connectivity index is 0.998. The number of ketones is 1. The quantitative estimate of drug-likeness (QED) is 0.120. The van der Waals surface area contributed by atoms with Gasteiger partial charge in [-0.25, -0.2) is 4.79 Å². The second-order valence-corrected chi connectivity index (χ2v) is 20.9. The summed E-state index contributed by atoms with van der Waals surface area (Å²) in [5.41, 5.74) is -2.81. The van der Waals surface area contributed by atoms with E-state index in [4.69, 9.17) is 47.4 Å². The molecule has 364 valence electrons. The van der Waals surface area contributed by atoms with Gasteiger partial charge in [0.15, 0.2) is 18.9 Å². The fourth-order valence-electron chi connectivity index (χ4n) is 13.0. The molecule has 0 aromatic heterocycles. The number of carbonyl (C=O) groups is 2. The van der Waals surface area contributed by atoms with E-state index in [1.807, 2.05) is 41.5 Å². The molecule has 15 nitrogen and oxygen atoms in total. The molecule has 7 rings (SSSR count). The first-order valence-corrected chi connectivity index (χ1v) is 23.9. The normalized spacial score (nSPS) is 48.5. The Labute approximate surface area is 380 Å². The summed E-state index contributed by atoms with van der Waals surface area (Å²) in [5.74, 6) is -1.39. The second-order valence-electron chi connectivity index (χ2n) is 20.9. The second kappa shape index (κ2) is 19.3. The van der Waals surface area contributed by atoms with Gasteiger partial charge in [0.2, 0.25) is 0 Å². The minimum absolute atomic E-state index is 0.0697. The van der Waals surface area contributed by atoms with Gasteiger partial charge in [0, 0.05) is 63.9 Å². The summed E-state index contributed by atoms with van der Waals surface area (Å²) in [6, 6.07) is 0. The van der Waals surface area contributed by atoms with Crippen LogP contribution in [0.1, 0.15) is 127 Å². The van der Waals surface area contributed by atoms with Crippen LogP contribution in [-0.4, -0.2) is 146 Å². The van der Waals surface area contributed by atoms with E-state index in [2.05, 4.69) is 13.0 Å². The molecule has 3 saturated carbocycles. The summed E-state index contributed by atoms with van der Waals surface area (Å²) < 4.78 is 62.3. The summed E-state index contributed by atoms with van der Waals surface area (Å²) >= 11 is 0. The monoisotopic (exact) mass is 907 g/mol. The summed E-state index contributed by atoms with van der Waals surface area (Å²) in [7, 11) is 4.87. The van der Waals surface area contributed by atoms with Crippen molar-refractivity contribution in [1.82, 2.24) is 0 Å². The van der Waals surface area contributed by atoms with E-state index < -0.39 is 108 Å². The van der Waals surface area contributed by atoms with Gasteiger partial charge in [-0.15, -0.1) is 0 Å². The van der Waals surface area contributed by atoms with E-state index >= 15 is 0 Å². The van der Waals surface area contributed by atoms with E-state index in [-0.39, 0.29) is 42.9 Å². The highest BCUT2D eigenvalue weighted by Crippen LogP contribution is 2.70. The molecule has 0 spiro atoms. The Kier molecular flexibility index (Phi) is 15.1. The van der Waals surface area contributed by atoms with Gasteiger partial charge >= 0.3 is 5.97 Å². The third kappa shape index (κ3) is 8.85. The Bertz CT molecular complexity index is 1740. The van der Waals surface area contributed by atoms with Gasteiger partial charge in [0.25, 0.3) is 0 Å². The number of esters is 1. The van der Waals surface area contributed by atoms with Gasteiger partial charge in [-0.3, -0.25) is 4.79 Å². The van der Waals surface area contributed by atoms with Crippen LogP contribution in [0.3, 0.4) is 0 Å². The van der Waals surface area contributed by atoms with Gasteiger partial charge in [-0.2, -0.15) is 0 Å². The van der Waals surface area contributed by atoms with Crippen molar-refractivity contribution < 1.29 is 72.3 Å². The summed E-state index contributed by atoms with van der Waals surface area (Å²) in [6.07, 6.45) is 1.32. The van der Waals surface area contributed by atoms with Crippen LogP contribution in [0.2, 0.25) is 0 Å². The van der Waals surface area contributed by atoms with Gasteiger partial charge in [0.05, 0.1) is 42.7 Å². The number of aliphatic hydroxyl groups is 3. The molecule has 3 N–H and O–H groups in total. The molecule has 7 aliphatic rings. The summed E-state index contributed by atoms with van der Waals surface area (Å²) in [5, 5.41) is 36.2. The number of methoxy groups -OCH3 is 3. The Morgan fingerprint density at radius 3 is 1.88 bits per heavy atom. The maximum Gasteiger partial charge on any atom is 0.330 e. The number of carbonyl (C=O) groups excluding carboxylic acids is 2. The van der Waals surface area contributed by atoms with Gasteiger partial charge in [-0.1, -0.05) is 44.9 Å².